The quantitative estimate of drug-likeness (QED) is 0.527. The summed E-state index contributed by atoms with van der Waals surface area (Å²) in [5.41, 5.74) is 3.02. The highest BCUT2D eigenvalue weighted by Crippen LogP contribution is 2.44. The predicted octanol–water partition coefficient (Wildman–Crippen LogP) is 2.37. The van der Waals surface area contributed by atoms with Crippen molar-refractivity contribution in [3.63, 3.8) is 0 Å². The molecule has 0 saturated carbocycles. The van der Waals surface area contributed by atoms with Crippen molar-refractivity contribution in [2.24, 2.45) is 0 Å². The molecule has 2 atom stereocenters. The number of likely N-dealkylation sites (tertiary alicyclic amines) is 1. The molecule has 35 heavy (non-hydrogen) atoms. The Hall–Kier alpha value is -3.43. The number of ether oxygens (including phenoxy) is 2. The SMILES string of the molecule is COC1(C(=O)O)CCCN(C(=O)CC(O)CNC(=O)OCC2c3ccccc3-c3ccccc32)C1. The fourth-order valence-electron chi connectivity index (χ4n) is 4.92. The molecule has 1 saturated heterocycles. The molecule has 186 valence electrons. The van der Waals surface area contributed by atoms with Crippen molar-refractivity contribution in [2.45, 2.75) is 36.9 Å². The highest BCUT2D eigenvalue weighted by molar-refractivity contribution is 5.82. The first-order valence-corrected chi connectivity index (χ1v) is 11.7. The van der Waals surface area contributed by atoms with Crippen molar-refractivity contribution >= 4 is 18.0 Å². The Morgan fingerprint density at radius 1 is 1.11 bits per heavy atom. The molecule has 9 heteroatoms. The van der Waals surface area contributed by atoms with Crippen LogP contribution in [0.25, 0.3) is 11.1 Å². The first-order valence-electron chi connectivity index (χ1n) is 11.7. The van der Waals surface area contributed by atoms with Crippen LogP contribution in [-0.2, 0) is 19.1 Å². The molecule has 0 spiro atoms. The number of aliphatic hydroxyl groups excluding tert-OH is 1. The zero-order chi connectivity index (χ0) is 25.0. The molecular formula is C26H30N2O7. The summed E-state index contributed by atoms with van der Waals surface area (Å²) in [4.78, 5) is 37.9. The number of benzene rings is 2. The number of carboxylic acid groups (broad SMARTS) is 1. The van der Waals surface area contributed by atoms with Crippen LogP contribution in [0.15, 0.2) is 48.5 Å². The third kappa shape index (κ3) is 5.16. The van der Waals surface area contributed by atoms with Gasteiger partial charge in [-0.3, -0.25) is 4.79 Å². The molecule has 3 N–H and O–H groups in total. The van der Waals surface area contributed by atoms with E-state index in [4.69, 9.17) is 9.47 Å². The Morgan fingerprint density at radius 3 is 2.34 bits per heavy atom. The molecule has 1 aliphatic heterocycles. The maximum atomic E-state index is 12.6. The van der Waals surface area contributed by atoms with E-state index >= 15 is 0 Å². The van der Waals surface area contributed by atoms with Gasteiger partial charge in [-0.1, -0.05) is 48.5 Å². The molecule has 2 unspecified atom stereocenters. The van der Waals surface area contributed by atoms with E-state index in [9.17, 15) is 24.6 Å². The van der Waals surface area contributed by atoms with Crippen LogP contribution < -0.4 is 5.32 Å². The summed E-state index contributed by atoms with van der Waals surface area (Å²) in [5, 5.41) is 22.3. The smallest absolute Gasteiger partial charge is 0.407 e. The van der Waals surface area contributed by atoms with Gasteiger partial charge in [0.25, 0.3) is 0 Å². The molecule has 2 aromatic carbocycles. The van der Waals surface area contributed by atoms with E-state index < -0.39 is 29.7 Å². The lowest BCUT2D eigenvalue weighted by molar-refractivity contribution is -0.171. The standard InChI is InChI=1S/C26H30N2O7/c1-34-26(24(31)32)11-6-12-28(16-26)23(30)13-17(29)14-27-25(33)35-15-22-20-9-4-2-7-18(20)19-8-3-5-10-21(19)22/h2-5,7-10,17,22,29H,6,11-16H2,1H3,(H,27,33)(H,31,32). The number of rotatable bonds is 8. The summed E-state index contributed by atoms with van der Waals surface area (Å²) in [6.07, 6.45) is -1.26. The zero-order valence-electron chi connectivity index (χ0n) is 19.6. The van der Waals surface area contributed by atoms with Gasteiger partial charge < -0.3 is 29.9 Å². The number of carboxylic acids is 1. The molecule has 0 aromatic heterocycles. The highest BCUT2D eigenvalue weighted by atomic mass is 16.5. The third-order valence-corrected chi connectivity index (χ3v) is 6.82. The zero-order valence-corrected chi connectivity index (χ0v) is 19.6. The summed E-state index contributed by atoms with van der Waals surface area (Å²) in [7, 11) is 1.31. The van der Waals surface area contributed by atoms with Crippen LogP contribution in [0, 0.1) is 0 Å². The van der Waals surface area contributed by atoms with Gasteiger partial charge in [0, 0.05) is 26.1 Å². The Bertz CT molecular complexity index is 1060. The molecular weight excluding hydrogens is 452 g/mol. The number of piperidine rings is 1. The monoisotopic (exact) mass is 482 g/mol. The topological polar surface area (TPSA) is 125 Å². The van der Waals surface area contributed by atoms with Crippen molar-refractivity contribution in [1.29, 1.82) is 0 Å². The minimum absolute atomic E-state index is 0.0750. The maximum Gasteiger partial charge on any atom is 0.407 e. The average Bonchev–Trinajstić information content (AvgIpc) is 3.19. The van der Waals surface area contributed by atoms with Crippen LogP contribution in [0.4, 0.5) is 4.79 Å². The van der Waals surface area contributed by atoms with Gasteiger partial charge >= 0.3 is 12.1 Å². The number of carbonyl (C=O) groups is 3. The summed E-state index contributed by atoms with van der Waals surface area (Å²) in [6.45, 7) is 0.301. The van der Waals surface area contributed by atoms with Crippen LogP contribution >= 0.6 is 0 Å². The fraction of sp³-hybridized carbons (Fsp3) is 0.423. The van der Waals surface area contributed by atoms with Gasteiger partial charge in [-0.2, -0.15) is 0 Å². The molecule has 9 nitrogen and oxygen atoms in total. The van der Waals surface area contributed by atoms with Crippen molar-refractivity contribution in [3.05, 3.63) is 59.7 Å². The summed E-state index contributed by atoms with van der Waals surface area (Å²) in [5.74, 6) is -1.58. The van der Waals surface area contributed by atoms with Crippen molar-refractivity contribution in [3.8, 4) is 11.1 Å². The van der Waals surface area contributed by atoms with Crippen molar-refractivity contribution in [1.82, 2.24) is 10.2 Å². The van der Waals surface area contributed by atoms with E-state index in [2.05, 4.69) is 17.4 Å². The normalized spacial score (nSPS) is 20.0. The first-order chi connectivity index (χ1) is 16.8. The van der Waals surface area contributed by atoms with E-state index in [1.54, 1.807) is 0 Å². The Morgan fingerprint density at radius 2 is 1.74 bits per heavy atom. The van der Waals surface area contributed by atoms with Gasteiger partial charge in [0.2, 0.25) is 5.91 Å². The largest absolute Gasteiger partial charge is 0.479 e. The number of alkyl carbamates (subject to hydrolysis) is 1. The van der Waals surface area contributed by atoms with E-state index in [-0.39, 0.29) is 32.0 Å². The van der Waals surface area contributed by atoms with Gasteiger partial charge in [0.05, 0.1) is 19.1 Å². The van der Waals surface area contributed by atoms with Gasteiger partial charge in [-0.25, -0.2) is 9.59 Å². The fourth-order valence-corrected chi connectivity index (χ4v) is 4.92. The third-order valence-electron chi connectivity index (χ3n) is 6.82. The van der Waals surface area contributed by atoms with Crippen LogP contribution in [0.2, 0.25) is 0 Å². The van der Waals surface area contributed by atoms with E-state index in [1.165, 1.54) is 12.0 Å². The van der Waals surface area contributed by atoms with E-state index in [1.807, 2.05) is 36.4 Å². The van der Waals surface area contributed by atoms with Crippen molar-refractivity contribution < 1.29 is 34.1 Å². The number of aliphatic carboxylic acids is 1. The number of hydrogen-bond donors (Lipinski definition) is 3. The second kappa shape index (κ2) is 10.5. The Labute approximate surface area is 203 Å². The molecule has 2 amide bonds. The maximum absolute atomic E-state index is 12.6. The lowest BCUT2D eigenvalue weighted by Crippen LogP contribution is -2.56. The van der Waals surface area contributed by atoms with Gasteiger partial charge in [0.15, 0.2) is 5.60 Å². The van der Waals surface area contributed by atoms with Gasteiger partial charge in [0.1, 0.15) is 6.61 Å². The Kier molecular flexibility index (Phi) is 7.37. The van der Waals surface area contributed by atoms with Gasteiger partial charge in [-0.15, -0.1) is 0 Å². The molecule has 1 heterocycles. The average molecular weight is 483 g/mol. The molecule has 1 fully saturated rings. The van der Waals surface area contributed by atoms with Crippen LogP contribution in [-0.4, -0.2) is 78.1 Å². The number of amides is 2. The number of fused-ring (bicyclic) bond motifs is 3. The van der Waals surface area contributed by atoms with E-state index in [0.29, 0.717) is 19.4 Å². The molecule has 0 radical (unpaired) electrons. The Balaban J connectivity index is 1.26. The minimum Gasteiger partial charge on any atom is -0.479 e. The number of nitrogens with one attached hydrogen (secondary N) is 1. The number of aliphatic hydroxyl groups is 1. The van der Waals surface area contributed by atoms with Crippen molar-refractivity contribution in [2.75, 3.05) is 33.4 Å². The predicted molar refractivity (Wildman–Crippen MR) is 127 cm³/mol. The second-order valence-electron chi connectivity index (χ2n) is 8.99. The van der Waals surface area contributed by atoms with Crippen LogP contribution in [0.3, 0.4) is 0 Å². The molecule has 2 aromatic rings. The van der Waals surface area contributed by atoms with E-state index in [0.717, 1.165) is 22.3 Å². The number of hydrogen-bond acceptors (Lipinski definition) is 6. The number of carbonyl (C=O) groups excluding carboxylic acids is 2. The molecule has 0 bridgehead atoms. The first kappa shape index (κ1) is 24.7. The van der Waals surface area contributed by atoms with Crippen LogP contribution in [0.5, 0.6) is 0 Å². The summed E-state index contributed by atoms with van der Waals surface area (Å²) in [6, 6.07) is 16.0. The highest BCUT2D eigenvalue weighted by Gasteiger charge is 2.44. The minimum atomic E-state index is -1.43. The summed E-state index contributed by atoms with van der Waals surface area (Å²) >= 11 is 0. The number of methoxy groups -OCH3 is 1. The van der Waals surface area contributed by atoms with Crippen LogP contribution in [0.1, 0.15) is 36.3 Å². The lowest BCUT2D eigenvalue weighted by atomic mass is 9.92. The second-order valence-corrected chi connectivity index (χ2v) is 8.99. The lowest BCUT2D eigenvalue weighted by Gasteiger charge is -2.39. The summed E-state index contributed by atoms with van der Waals surface area (Å²) < 4.78 is 10.6. The molecule has 2 aliphatic rings. The molecule has 1 aliphatic carbocycles. The number of nitrogens with zero attached hydrogens (tertiary/aromatic N) is 1. The molecule has 4 rings (SSSR count). The van der Waals surface area contributed by atoms with Gasteiger partial charge in [-0.05, 0) is 35.1 Å².